The lowest BCUT2D eigenvalue weighted by atomic mass is 9.43. The average molecular weight is 417 g/mol. The van der Waals surface area contributed by atoms with Gasteiger partial charge in [0.25, 0.3) is 0 Å². The number of carbonyl (C=O) groups excluding carboxylic acids is 1. The van der Waals surface area contributed by atoms with Crippen LogP contribution in [0.2, 0.25) is 0 Å². The van der Waals surface area contributed by atoms with E-state index in [1.54, 1.807) is 24.9 Å². The Labute approximate surface area is 179 Å². The Morgan fingerprint density at radius 2 is 1.93 bits per heavy atom. The second kappa shape index (κ2) is 6.88. The van der Waals surface area contributed by atoms with Crippen molar-refractivity contribution in [3.05, 3.63) is 24.2 Å². The van der Waals surface area contributed by atoms with Gasteiger partial charge in [0, 0.05) is 17.6 Å². The zero-order chi connectivity index (χ0) is 20.4. The lowest BCUT2D eigenvalue weighted by Crippen LogP contribution is -2.61. The van der Waals surface area contributed by atoms with Crippen LogP contribution in [0.1, 0.15) is 90.0 Å². The molecular weight excluding hydrogens is 380 g/mol. The second-order valence-electron chi connectivity index (χ2n) is 11.0. The molecule has 0 aromatic carbocycles. The number of carbonyl (C=O) groups is 1. The fourth-order valence-electron chi connectivity index (χ4n) is 8.54. The topological polar surface area (TPSA) is 50.4 Å². The van der Waals surface area contributed by atoms with Crippen LogP contribution in [0.25, 0.3) is 0 Å². The summed E-state index contributed by atoms with van der Waals surface area (Å²) in [5.74, 6) is 2.19. The molecule has 1 N–H and O–H groups in total. The summed E-state index contributed by atoms with van der Waals surface area (Å²) in [6, 6.07) is 2.11. The van der Waals surface area contributed by atoms with E-state index in [4.69, 9.17) is 4.42 Å². The molecule has 3 nitrogen and oxygen atoms in total. The van der Waals surface area contributed by atoms with Gasteiger partial charge in [-0.15, -0.1) is 0 Å². The van der Waals surface area contributed by atoms with E-state index in [2.05, 4.69) is 19.9 Å². The van der Waals surface area contributed by atoms with Gasteiger partial charge in [0.1, 0.15) is 0 Å². The van der Waals surface area contributed by atoms with Crippen LogP contribution in [-0.2, 0) is 4.79 Å². The summed E-state index contributed by atoms with van der Waals surface area (Å²) in [7, 11) is 0. The van der Waals surface area contributed by atoms with Gasteiger partial charge in [0.15, 0.2) is 5.12 Å². The number of hydrogen-bond acceptors (Lipinski definition) is 4. The average Bonchev–Trinajstić information content (AvgIpc) is 3.27. The molecule has 1 aromatic rings. The summed E-state index contributed by atoms with van der Waals surface area (Å²) in [6.07, 6.45) is 14.0. The highest BCUT2D eigenvalue weighted by atomic mass is 32.2. The molecule has 160 valence electrons. The van der Waals surface area contributed by atoms with Gasteiger partial charge in [-0.05, 0) is 98.5 Å². The lowest BCUT2D eigenvalue weighted by Gasteiger charge is -2.63. The van der Waals surface area contributed by atoms with E-state index < -0.39 is 5.60 Å². The molecule has 4 saturated carbocycles. The molecule has 4 aliphatic rings. The Morgan fingerprint density at radius 1 is 1.10 bits per heavy atom. The first-order valence-electron chi connectivity index (χ1n) is 11.7. The number of aliphatic hydroxyl groups is 1. The number of furan rings is 1. The van der Waals surface area contributed by atoms with Gasteiger partial charge in [-0.25, -0.2) is 0 Å². The Morgan fingerprint density at radius 3 is 2.66 bits per heavy atom. The normalized spacial score (nSPS) is 49.2. The fraction of sp³-hybridized carbons (Fsp3) is 0.800. The quantitative estimate of drug-likeness (QED) is 0.626. The van der Waals surface area contributed by atoms with Gasteiger partial charge < -0.3 is 9.52 Å². The minimum atomic E-state index is -0.545. The second-order valence-corrected chi connectivity index (χ2v) is 12.5. The highest BCUT2D eigenvalue weighted by Gasteiger charge is 2.67. The largest absolute Gasteiger partial charge is 0.472 e. The van der Waals surface area contributed by atoms with Crippen LogP contribution in [0, 0.1) is 28.6 Å². The molecule has 4 aliphatic carbocycles. The third kappa shape index (κ3) is 2.84. The van der Waals surface area contributed by atoms with E-state index >= 15 is 0 Å². The molecule has 0 radical (unpaired) electrons. The monoisotopic (exact) mass is 416 g/mol. The van der Waals surface area contributed by atoms with Crippen molar-refractivity contribution in [2.75, 3.05) is 0 Å². The number of fused-ring (bicyclic) bond motifs is 5. The Hall–Kier alpha value is -0.740. The van der Waals surface area contributed by atoms with Gasteiger partial charge >= 0.3 is 0 Å². The number of thioether (sulfide) groups is 1. The minimum absolute atomic E-state index is 0.0388. The zero-order valence-electron chi connectivity index (χ0n) is 18.2. The predicted molar refractivity (Wildman–Crippen MR) is 117 cm³/mol. The standard InChI is InChI=1S/C25H36O3S/c1-16(26)29-19-6-10-23(2)18(14-19)4-5-22-21(23)7-11-24(3)20(8-12-25(22,24)27)17-9-13-28-15-17/h9,13,15,18-22,27H,4-8,10-12,14H2,1-3H3/t18-,19+,20-,21+,22-,23+,24-,25+/m1/s1. The van der Waals surface area contributed by atoms with Crippen molar-refractivity contribution < 1.29 is 14.3 Å². The highest BCUT2D eigenvalue weighted by molar-refractivity contribution is 8.14. The molecule has 1 heterocycles. The SMILES string of the molecule is CC(=O)S[C@H]1CC[C@@]2(C)[C@H](CC[C@@H]3[C@@H]2CC[C@]2(C)[C@@H](c4ccoc4)CC[C@]32O)C1. The van der Waals surface area contributed by atoms with E-state index in [1.165, 1.54) is 31.2 Å². The first-order valence-corrected chi connectivity index (χ1v) is 12.6. The Kier molecular flexibility index (Phi) is 4.79. The minimum Gasteiger partial charge on any atom is -0.472 e. The Bertz CT molecular complexity index is 775. The maximum Gasteiger partial charge on any atom is 0.186 e. The molecule has 1 aromatic heterocycles. The van der Waals surface area contributed by atoms with Crippen LogP contribution in [0.4, 0.5) is 0 Å². The van der Waals surface area contributed by atoms with Crippen LogP contribution >= 0.6 is 11.8 Å². The van der Waals surface area contributed by atoms with Crippen molar-refractivity contribution in [2.45, 2.75) is 95.3 Å². The van der Waals surface area contributed by atoms with Crippen LogP contribution in [-0.4, -0.2) is 21.1 Å². The van der Waals surface area contributed by atoms with Gasteiger partial charge in [-0.3, -0.25) is 4.79 Å². The fourth-order valence-corrected chi connectivity index (χ4v) is 9.57. The maximum atomic E-state index is 12.2. The molecule has 0 saturated heterocycles. The van der Waals surface area contributed by atoms with E-state index in [0.29, 0.717) is 34.3 Å². The highest BCUT2D eigenvalue weighted by Crippen LogP contribution is 2.70. The molecule has 0 spiro atoms. The van der Waals surface area contributed by atoms with Crippen LogP contribution < -0.4 is 0 Å². The molecule has 0 amide bonds. The van der Waals surface area contributed by atoms with E-state index in [-0.39, 0.29) is 10.5 Å². The molecule has 8 atom stereocenters. The summed E-state index contributed by atoms with van der Waals surface area (Å²) in [5.41, 5.74) is 1.03. The molecule has 29 heavy (non-hydrogen) atoms. The van der Waals surface area contributed by atoms with Crippen molar-refractivity contribution in [1.82, 2.24) is 0 Å². The molecule has 4 heteroatoms. The summed E-state index contributed by atoms with van der Waals surface area (Å²) in [6.45, 7) is 6.60. The van der Waals surface area contributed by atoms with E-state index in [1.807, 2.05) is 6.26 Å². The third-order valence-corrected chi connectivity index (χ3v) is 11.2. The number of hydrogen-bond donors (Lipinski definition) is 1. The summed E-state index contributed by atoms with van der Waals surface area (Å²) >= 11 is 1.57. The molecule has 0 bridgehead atoms. The van der Waals surface area contributed by atoms with Crippen LogP contribution in [0.5, 0.6) is 0 Å². The van der Waals surface area contributed by atoms with Crippen molar-refractivity contribution in [2.24, 2.45) is 28.6 Å². The van der Waals surface area contributed by atoms with Gasteiger partial charge in [0.05, 0.1) is 18.1 Å². The molecular formula is C25H36O3S. The van der Waals surface area contributed by atoms with E-state index in [9.17, 15) is 9.90 Å². The van der Waals surface area contributed by atoms with Crippen molar-refractivity contribution in [3.63, 3.8) is 0 Å². The van der Waals surface area contributed by atoms with Gasteiger partial charge in [-0.2, -0.15) is 0 Å². The first kappa shape index (κ1) is 20.2. The number of rotatable bonds is 2. The molecule has 4 fully saturated rings. The van der Waals surface area contributed by atoms with Crippen LogP contribution in [0.3, 0.4) is 0 Å². The van der Waals surface area contributed by atoms with Gasteiger partial charge in [0.2, 0.25) is 0 Å². The van der Waals surface area contributed by atoms with Crippen molar-refractivity contribution >= 4 is 16.9 Å². The zero-order valence-corrected chi connectivity index (χ0v) is 19.0. The molecule has 5 rings (SSSR count). The van der Waals surface area contributed by atoms with Crippen LogP contribution in [0.15, 0.2) is 23.0 Å². The third-order valence-electron chi connectivity index (χ3n) is 10.1. The van der Waals surface area contributed by atoms with Crippen molar-refractivity contribution in [3.8, 4) is 0 Å². The molecule has 0 aliphatic heterocycles. The Balaban J connectivity index is 1.41. The van der Waals surface area contributed by atoms with Gasteiger partial charge in [-0.1, -0.05) is 25.6 Å². The maximum absolute atomic E-state index is 12.2. The summed E-state index contributed by atoms with van der Waals surface area (Å²) in [4.78, 5) is 11.6. The molecule has 0 unspecified atom stereocenters. The predicted octanol–water partition coefficient (Wildman–Crippen LogP) is 6.17. The summed E-state index contributed by atoms with van der Waals surface area (Å²) in [5, 5.41) is 13.0. The smallest absolute Gasteiger partial charge is 0.186 e. The lowest BCUT2D eigenvalue weighted by molar-refractivity contribution is -0.200. The summed E-state index contributed by atoms with van der Waals surface area (Å²) < 4.78 is 5.41. The van der Waals surface area contributed by atoms with E-state index in [0.717, 1.165) is 32.1 Å². The first-order chi connectivity index (χ1) is 13.8. The van der Waals surface area contributed by atoms with Crippen molar-refractivity contribution in [1.29, 1.82) is 0 Å².